The number of nitrogens with zero attached hydrogens (tertiary/aromatic N) is 3. The van der Waals surface area contributed by atoms with Crippen LogP contribution in [0.25, 0.3) is 16.8 Å². The molecule has 0 aliphatic heterocycles. The summed E-state index contributed by atoms with van der Waals surface area (Å²) >= 11 is 6.81. The number of ether oxygens (including phenoxy) is 1. The number of methoxy groups -OCH3 is 1. The average molecular weight is 342 g/mol. The maximum atomic E-state index is 5.30. The van der Waals surface area contributed by atoms with E-state index in [1.54, 1.807) is 29.3 Å². The van der Waals surface area contributed by atoms with Gasteiger partial charge in [-0.05, 0) is 41.9 Å². The normalized spacial score (nSPS) is 11.5. The third-order valence-electron chi connectivity index (χ3n) is 3.07. The Morgan fingerprint density at radius 3 is 2.96 bits per heavy atom. The molecule has 0 bridgehead atoms. The van der Waals surface area contributed by atoms with Crippen molar-refractivity contribution in [1.29, 1.82) is 0 Å². The SMILES string of the molecule is COc1ccccc1/C=C/C=N\n1c(-c2cccs2)n[nH]c1=S. The van der Waals surface area contributed by atoms with Crippen molar-refractivity contribution in [2.24, 2.45) is 5.10 Å². The standard InChI is InChI=1S/C16H14N4OS2/c1-21-13-8-3-2-6-12(13)7-4-10-17-20-15(18-19-16(20)22)14-9-5-11-23-14/h2-11H,1H3,(H,19,22)/b7-4+,17-10-. The lowest BCUT2D eigenvalue weighted by molar-refractivity contribution is 0.414. The second kappa shape index (κ2) is 7.17. The summed E-state index contributed by atoms with van der Waals surface area (Å²) in [5, 5.41) is 13.3. The number of benzene rings is 1. The van der Waals surface area contributed by atoms with E-state index in [1.165, 1.54) is 0 Å². The number of hydrogen-bond acceptors (Lipinski definition) is 5. The molecule has 0 radical (unpaired) electrons. The van der Waals surface area contributed by atoms with Crippen molar-refractivity contribution in [3.8, 4) is 16.5 Å². The van der Waals surface area contributed by atoms with Crippen LogP contribution in [0, 0.1) is 4.77 Å². The number of H-pyrrole nitrogens is 1. The fourth-order valence-corrected chi connectivity index (χ4v) is 2.90. The number of thiophene rings is 1. The van der Waals surface area contributed by atoms with E-state index in [4.69, 9.17) is 17.0 Å². The van der Waals surface area contributed by atoms with Crippen molar-refractivity contribution in [1.82, 2.24) is 14.9 Å². The van der Waals surface area contributed by atoms with Gasteiger partial charge in [-0.3, -0.25) is 0 Å². The Kier molecular flexibility index (Phi) is 4.80. The largest absolute Gasteiger partial charge is 0.496 e. The number of allylic oxidation sites excluding steroid dienone is 1. The minimum Gasteiger partial charge on any atom is -0.496 e. The lowest BCUT2D eigenvalue weighted by atomic mass is 10.2. The van der Waals surface area contributed by atoms with Crippen LogP contribution in [-0.2, 0) is 0 Å². The molecule has 0 saturated carbocycles. The predicted octanol–water partition coefficient (Wildman–Crippen LogP) is 4.23. The summed E-state index contributed by atoms with van der Waals surface area (Å²) in [7, 11) is 1.65. The third-order valence-corrected chi connectivity index (χ3v) is 4.20. The minimum absolute atomic E-state index is 0.454. The van der Waals surface area contributed by atoms with Gasteiger partial charge < -0.3 is 4.74 Å². The summed E-state index contributed by atoms with van der Waals surface area (Å²) in [6.45, 7) is 0. The molecule has 0 unspecified atom stereocenters. The number of nitrogens with one attached hydrogen (secondary N) is 1. The molecule has 5 nitrogen and oxygen atoms in total. The number of rotatable bonds is 5. The van der Waals surface area contributed by atoms with E-state index < -0.39 is 0 Å². The highest BCUT2D eigenvalue weighted by molar-refractivity contribution is 7.71. The van der Waals surface area contributed by atoms with Gasteiger partial charge in [0.25, 0.3) is 0 Å². The second-order valence-corrected chi connectivity index (χ2v) is 5.84. The van der Waals surface area contributed by atoms with Crippen LogP contribution in [0.3, 0.4) is 0 Å². The fourth-order valence-electron chi connectivity index (χ4n) is 2.02. The van der Waals surface area contributed by atoms with Crippen molar-refractivity contribution in [2.45, 2.75) is 0 Å². The predicted molar refractivity (Wildman–Crippen MR) is 96.6 cm³/mol. The van der Waals surface area contributed by atoms with Gasteiger partial charge in [-0.25, -0.2) is 5.10 Å². The van der Waals surface area contributed by atoms with E-state index in [9.17, 15) is 0 Å². The molecule has 2 aromatic heterocycles. The molecular formula is C16H14N4OS2. The maximum absolute atomic E-state index is 5.30. The Bertz CT molecular complexity index is 891. The van der Waals surface area contributed by atoms with Gasteiger partial charge in [0.2, 0.25) is 4.77 Å². The molecule has 2 heterocycles. The van der Waals surface area contributed by atoms with Gasteiger partial charge in [-0.2, -0.15) is 14.9 Å². The molecule has 0 amide bonds. The van der Waals surface area contributed by atoms with Gasteiger partial charge >= 0.3 is 0 Å². The van der Waals surface area contributed by atoms with Crippen LogP contribution < -0.4 is 4.74 Å². The monoisotopic (exact) mass is 342 g/mol. The first-order chi connectivity index (χ1) is 11.3. The molecular weight excluding hydrogens is 328 g/mol. The number of hydrogen-bond donors (Lipinski definition) is 1. The Labute approximate surface area is 142 Å². The molecule has 116 valence electrons. The summed E-state index contributed by atoms with van der Waals surface area (Å²) in [4.78, 5) is 1.00. The summed E-state index contributed by atoms with van der Waals surface area (Å²) in [6.07, 6.45) is 5.44. The van der Waals surface area contributed by atoms with Crippen molar-refractivity contribution in [3.05, 3.63) is 58.2 Å². The van der Waals surface area contributed by atoms with E-state index >= 15 is 0 Å². The van der Waals surface area contributed by atoms with Gasteiger partial charge in [0, 0.05) is 11.8 Å². The van der Waals surface area contributed by atoms with Crippen LogP contribution in [0.15, 0.2) is 53.0 Å². The number of para-hydroxylation sites is 1. The molecule has 1 N–H and O–H groups in total. The number of aromatic amines is 1. The first kappa shape index (κ1) is 15.4. The fraction of sp³-hybridized carbons (Fsp3) is 0.0625. The summed E-state index contributed by atoms with van der Waals surface area (Å²) < 4.78 is 7.36. The highest BCUT2D eigenvalue weighted by Gasteiger charge is 2.08. The number of aromatic nitrogens is 3. The van der Waals surface area contributed by atoms with E-state index in [0.717, 1.165) is 16.2 Å². The van der Waals surface area contributed by atoms with Gasteiger partial charge in [-0.15, -0.1) is 11.3 Å². The Morgan fingerprint density at radius 2 is 2.17 bits per heavy atom. The van der Waals surface area contributed by atoms with Crippen molar-refractivity contribution >= 4 is 35.8 Å². The van der Waals surface area contributed by atoms with E-state index in [-0.39, 0.29) is 0 Å². The van der Waals surface area contributed by atoms with Crippen molar-refractivity contribution < 1.29 is 4.74 Å². The lowest BCUT2D eigenvalue weighted by Crippen LogP contribution is -1.92. The molecule has 1 aromatic carbocycles. The molecule has 0 fully saturated rings. The minimum atomic E-state index is 0.454. The Balaban J connectivity index is 1.83. The van der Waals surface area contributed by atoms with Crippen LogP contribution >= 0.6 is 23.6 Å². The van der Waals surface area contributed by atoms with E-state index in [0.29, 0.717) is 10.6 Å². The van der Waals surface area contributed by atoms with E-state index in [2.05, 4.69) is 15.3 Å². The zero-order valence-corrected chi connectivity index (χ0v) is 14.0. The van der Waals surface area contributed by atoms with Crippen molar-refractivity contribution in [2.75, 3.05) is 7.11 Å². The molecule has 0 aliphatic carbocycles. The van der Waals surface area contributed by atoms with Crippen LogP contribution in [0.4, 0.5) is 0 Å². The Morgan fingerprint density at radius 1 is 1.30 bits per heavy atom. The van der Waals surface area contributed by atoms with Crippen molar-refractivity contribution in [3.63, 3.8) is 0 Å². The van der Waals surface area contributed by atoms with Crippen LogP contribution in [-0.4, -0.2) is 28.2 Å². The zero-order chi connectivity index (χ0) is 16.1. The lowest BCUT2D eigenvalue weighted by Gasteiger charge is -2.02. The van der Waals surface area contributed by atoms with Gasteiger partial charge in [0.1, 0.15) is 5.75 Å². The van der Waals surface area contributed by atoms with Crippen LogP contribution in [0.5, 0.6) is 5.75 Å². The van der Waals surface area contributed by atoms with Gasteiger partial charge in [0.15, 0.2) is 5.82 Å². The maximum Gasteiger partial charge on any atom is 0.216 e. The molecule has 0 saturated heterocycles. The molecule has 0 spiro atoms. The smallest absolute Gasteiger partial charge is 0.216 e. The van der Waals surface area contributed by atoms with Gasteiger partial charge in [-0.1, -0.05) is 24.3 Å². The average Bonchev–Trinajstić information content (AvgIpc) is 3.22. The molecule has 3 rings (SSSR count). The zero-order valence-electron chi connectivity index (χ0n) is 12.3. The highest BCUT2D eigenvalue weighted by atomic mass is 32.1. The molecule has 23 heavy (non-hydrogen) atoms. The Hall–Kier alpha value is -2.51. The molecule has 0 aliphatic rings. The first-order valence-electron chi connectivity index (χ1n) is 6.85. The molecule has 7 heteroatoms. The van der Waals surface area contributed by atoms with Gasteiger partial charge in [0.05, 0.1) is 12.0 Å². The first-order valence-corrected chi connectivity index (χ1v) is 8.13. The van der Waals surface area contributed by atoms with Crippen LogP contribution in [0.1, 0.15) is 5.56 Å². The summed E-state index contributed by atoms with van der Waals surface area (Å²) in [6, 6.07) is 11.7. The quantitative estimate of drug-likeness (QED) is 0.558. The van der Waals surface area contributed by atoms with Crippen LogP contribution in [0.2, 0.25) is 0 Å². The third kappa shape index (κ3) is 3.46. The second-order valence-electron chi connectivity index (χ2n) is 4.51. The molecule has 0 atom stereocenters. The topological polar surface area (TPSA) is 55.2 Å². The van der Waals surface area contributed by atoms with E-state index in [1.807, 2.05) is 53.9 Å². The molecule has 3 aromatic rings. The summed E-state index contributed by atoms with van der Waals surface area (Å²) in [5.74, 6) is 1.52. The highest BCUT2D eigenvalue weighted by Crippen LogP contribution is 2.22. The summed E-state index contributed by atoms with van der Waals surface area (Å²) in [5.41, 5.74) is 0.982.